The molecule has 0 fully saturated rings. The molecule has 0 amide bonds. The van der Waals surface area contributed by atoms with E-state index in [-0.39, 0.29) is 0 Å². The molecular weight excluding hydrogens is 224 g/mol. The summed E-state index contributed by atoms with van der Waals surface area (Å²) in [5, 5.41) is 14.4. The minimum atomic E-state index is -0.500. The smallest absolute Gasteiger partial charge is 0.0985 e. The zero-order valence-corrected chi connectivity index (χ0v) is 11.0. The van der Waals surface area contributed by atoms with Gasteiger partial charge >= 0.3 is 0 Å². The van der Waals surface area contributed by atoms with Crippen molar-refractivity contribution in [2.75, 3.05) is 0 Å². The van der Waals surface area contributed by atoms with Crippen LogP contribution in [0.4, 0.5) is 0 Å². The standard InChI is InChI=1S/C15H20N2O/c1-3-4-13-5-7-14(8-6-13)15(18)11-17-10-9-12(2)16-17/h5-10,15,18H,3-4,11H2,1-2H3. The zero-order valence-electron chi connectivity index (χ0n) is 11.0. The van der Waals surface area contributed by atoms with Crippen LogP contribution in [0.1, 0.15) is 36.3 Å². The number of aliphatic hydroxyl groups excluding tert-OH is 1. The molecule has 0 radical (unpaired) electrons. The fourth-order valence-electron chi connectivity index (χ4n) is 2.04. The van der Waals surface area contributed by atoms with E-state index < -0.39 is 6.10 Å². The third-order valence-electron chi connectivity index (χ3n) is 3.04. The summed E-state index contributed by atoms with van der Waals surface area (Å²) in [6.45, 7) is 4.62. The van der Waals surface area contributed by atoms with Gasteiger partial charge < -0.3 is 5.11 Å². The van der Waals surface area contributed by atoms with Gasteiger partial charge in [-0.25, -0.2) is 0 Å². The lowest BCUT2D eigenvalue weighted by Gasteiger charge is -2.11. The number of aliphatic hydroxyl groups is 1. The molecule has 0 spiro atoms. The van der Waals surface area contributed by atoms with Gasteiger partial charge in [0.1, 0.15) is 0 Å². The Balaban J connectivity index is 2.02. The van der Waals surface area contributed by atoms with E-state index in [0.29, 0.717) is 6.54 Å². The maximum Gasteiger partial charge on any atom is 0.0985 e. The first-order chi connectivity index (χ1) is 8.69. The molecule has 0 aliphatic carbocycles. The molecule has 3 nitrogen and oxygen atoms in total. The van der Waals surface area contributed by atoms with Gasteiger partial charge in [0.25, 0.3) is 0 Å². The fraction of sp³-hybridized carbons (Fsp3) is 0.400. The Morgan fingerprint density at radius 3 is 2.50 bits per heavy atom. The molecule has 18 heavy (non-hydrogen) atoms. The van der Waals surface area contributed by atoms with Crippen molar-refractivity contribution in [2.45, 2.75) is 39.3 Å². The summed E-state index contributed by atoms with van der Waals surface area (Å²) in [5.41, 5.74) is 3.24. The van der Waals surface area contributed by atoms with Gasteiger partial charge in [0.15, 0.2) is 0 Å². The molecule has 0 aliphatic rings. The van der Waals surface area contributed by atoms with Gasteiger partial charge in [0.05, 0.1) is 18.3 Å². The van der Waals surface area contributed by atoms with Crippen LogP contribution in [0, 0.1) is 6.92 Å². The zero-order chi connectivity index (χ0) is 13.0. The Morgan fingerprint density at radius 1 is 1.22 bits per heavy atom. The van der Waals surface area contributed by atoms with Crippen LogP contribution in [0.3, 0.4) is 0 Å². The number of hydrogen-bond acceptors (Lipinski definition) is 2. The number of benzene rings is 1. The molecule has 2 aromatic rings. The summed E-state index contributed by atoms with van der Waals surface area (Å²) in [6.07, 6.45) is 3.63. The van der Waals surface area contributed by atoms with E-state index in [0.717, 1.165) is 24.1 Å². The molecule has 0 saturated carbocycles. The number of aromatic nitrogens is 2. The summed E-state index contributed by atoms with van der Waals surface area (Å²) in [5.74, 6) is 0. The van der Waals surface area contributed by atoms with Crippen molar-refractivity contribution in [3.63, 3.8) is 0 Å². The van der Waals surface area contributed by atoms with Crippen LogP contribution in [0.25, 0.3) is 0 Å². The molecule has 0 bridgehead atoms. The summed E-state index contributed by atoms with van der Waals surface area (Å²) < 4.78 is 1.78. The van der Waals surface area contributed by atoms with Crippen molar-refractivity contribution in [3.05, 3.63) is 53.3 Å². The van der Waals surface area contributed by atoms with Gasteiger partial charge in [-0.15, -0.1) is 0 Å². The Labute approximate surface area is 108 Å². The van der Waals surface area contributed by atoms with Gasteiger partial charge in [-0.2, -0.15) is 5.10 Å². The first kappa shape index (κ1) is 12.8. The number of nitrogens with zero attached hydrogens (tertiary/aromatic N) is 2. The highest BCUT2D eigenvalue weighted by Crippen LogP contribution is 2.16. The van der Waals surface area contributed by atoms with Gasteiger partial charge in [-0.1, -0.05) is 37.6 Å². The molecular formula is C15H20N2O. The molecule has 0 saturated heterocycles. The lowest BCUT2D eigenvalue weighted by atomic mass is 10.0. The lowest BCUT2D eigenvalue weighted by molar-refractivity contribution is 0.151. The number of rotatable bonds is 5. The van der Waals surface area contributed by atoms with Crippen LogP contribution in [0.2, 0.25) is 0 Å². The van der Waals surface area contributed by atoms with Crippen molar-refractivity contribution in [3.8, 4) is 0 Å². The average molecular weight is 244 g/mol. The summed E-state index contributed by atoms with van der Waals surface area (Å²) >= 11 is 0. The van der Waals surface area contributed by atoms with Crippen molar-refractivity contribution in [1.82, 2.24) is 9.78 Å². The van der Waals surface area contributed by atoms with E-state index in [4.69, 9.17) is 0 Å². The first-order valence-electron chi connectivity index (χ1n) is 6.46. The minimum absolute atomic E-state index is 0.500. The van der Waals surface area contributed by atoms with E-state index in [2.05, 4.69) is 24.2 Å². The predicted octanol–water partition coefficient (Wildman–Crippen LogP) is 2.88. The van der Waals surface area contributed by atoms with E-state index in [1.54, 1.807) is 4.68 Å². The summed E-state index contributed by atoms with van der Waals surface area (Å²) in [6, 6.07) is 10.1. The molecule has 2 rings (SSSR count). The second kappa shape index (κ2) is 5.83. The van der Waals surface area contributed by atoms with Crippen LogP contribution in [0.5, 0.6) is 0 Å². The molecule has 3 heteroatoms. The Morgan fingerprint density at radius 2 is 1.94 bits per heavy atom. The van der Waals surface area contributed by atoms with Crippen LogP contribution in [-0.4, -0.2) is 14.9 Å². The van der Waals surface area contributed by atoms with E-state index >= 15 is 0 Å². The van der Waals surface area contributed by atoms with E-state index in [1.165, 1.54) is 5.56 Å². The Bertz CT molecular complexity index is 487. The molecule has 0 aliphatic heterocycles. The van der Waals surface area contributed by atoms with Crippen LogP contribution >= 0.6 is 0 Å². The quantitative estimate of drug-likeness (QED) is 0.878. The normalized spacial score (nSPS) is 12.6. The fourth-order valence-corrected chi connectivity index (χ4v) is 2.04. The van der Waals surface area contributed by atoms with Gasteiger partial charge in [-0.3, -0.25) is 4.68 Å². The van der Waals surface area contributed by atoms with Crippen molar-refractivity contribution < 1.29 is 5.11 Å². The highest BCUT2D eigenvalue weighted by Gasteiger charge is 2.08. The maximum atomic E-state index is 10.1. The number of aryl methyl sites for hydroxylation is 2. The summed E-state index contributed by atoms with van der Waals surface area (Å²) in [7, 11) is 0. The third kappa shape index (κ3) is 3.20. The third-order valence-corrected chi connectivity index (χ3v) is 3.04. The molecule has 1 aromatic carbocycles. The topological polar surface area (TPSA) is 38.0 Å². The van der Waals surface area contributed by atoms with E-state index in [9.17, 15) is 5.11 Å². The SMILES string of the molecule is CCCc1ccc(C(O)Cn2ccc(C)n2)cc1. The molecule has 1 heterocycles. The lowest BCUT2D eigenvalue weighted by Crippen LogP contribution is -2.09. The van der Waals surface area contributed by atoms with Crippen molar-refractivity contribution in [2.24, 2.45) is 0 Å². The first-order valence-corrected chi connectivity index (χ1v) is 6.46. The summed E-state index contributed by atoms with van der Waals surface area (Å²) in [4.78, 5) is 0. The molecule has 1 unspecified atom stereocenters. The molecule has 1 atom stereocenters. The molecule has 1 aromatic heterocycles. The maximum absolute atomic E-state index is 10.1. The van der Waals surface area contributed by atoms with Crippen LogP contribution < -0.4 is 0 Å². The minimum Gasteiger partial charge on any atom is -0.386 e. The molecule has 96 valence electrons. The average Bonchev–Trinajstić information content (AvgIpc) is 2.76. The second-order valence-electron chi connectivity index (χ2n) is 4.69. The van der Waals surface area contributed by atoms with Gasteiger partial charge in [0, 0.05) is 6.20 Å². The van der Waals surface area contributed by atoms with Crippen molar-refractivity contribution in [1.29, 1.82) is 0 Å². The monoisotopic (exact) mass is 244 g/mol. The van der Waals surface area contributed by atoms with Crippen LogP contribution in [0.15, 0.2) is 36.5 Å². The van der Waals surface area contributed by atoms with E-state index in [1.807, 2.05) is 31.3 Å². The number of hydrogen-bond donors (Lipinski definition) is 1. The highest BCUT2D eigenvalue weighted by molar-refractivity contribution is 5.24. The molecule has 1 N–H and O–H groups in total. The van der Waals surface area contributed by atoms with Crippen LogP contribution in [-0.2, 0) is 13.0 Å². The second-order valence-corrected chi connectivity index (χ2v) is 4.69. The predicted molar refractivity (Wildman–Crippen MR) is 72.4 cm³/mol. The van der Waals surface area contributed by atoms with Crippen molar-refractivity contribution >= 4 is 0 Å². The van der Waals surface area contributed by atoms with Gasteiger partial charge in [-0.05, 0) is 30.5 Å². The Kier molecular flexibility index (Phi) is 4.15. The Hall–Kier alpha value is -1.61. The largest absolute Gasteiger partial charge is 0.386 e. The van der Waals surface area contributed by atoms with Gasteiger partial charge in [0.2, 0.25) is 0 Å². The highest BCUT2D eigenvalue weighted by atomic mass is 16.3.